The molecule has 0 spiro atoms. The summed E-state index contributed by atoms with van der Waals surface area (Å²) in [5.41, 5.74) is 6.12. The second kappa shape index (κ2) is 7.37. The Hall–Kier alpha value is -1.44. The van der Waals surface area contributed by atoms with Crippen LogP contribution in [0.15, 0.2) is 29.2 Å². The SMILES string of the molecule is CCNC(=O)CN(CC)S(=O)(=O)c1ccccc1CN. The Morgan fingerprint density at radius 3 is 2.50 bits per heavy atom. The summed E-state index contributed by atoms with van der Waals surface area (Å²) in [6.45, 7) is 4.11. The number of carbonyl (C=O) groups excluding carboxylic acids is 1. The zero-order chi connectivity index (χ0) is 15.2. The van der Waals surface area contributed by atoms with Crippen molar-refractivity contribution in [3.63, 3.8) is 0 Å². The number of rotatable bonds is 7. The zero-order valence-electron chi connectivity index (χ0n) is 11.8. The fourth-order valence-corrected chi connectivity index (χ4v) is 3.48. The van der Waals surface area contributed by atoms with Gasteiger partial charge in [0.1, 0.15) is 0 Å². The number of carbonyl (C=O) groups is 1. The Kier molecular flexibility index (Phi) is 6.12. The second-order valence-electron chi connectivity index (χ2n) is 4.20. The Bertz CT molecular complexity index is 558. The molecule has 1 amide bonds. The van der Waals surface area contributed by atoms with E-state index in [-0.39, 0.29) is 30.4 Å². The van der Waals surface area contributed by atoms with Gasteiger partial charge in [0.2, 0.25) is 15.9 Å². The summed E-state index contributed by atoms with van der Waals surface area (Å²) in [7, 11) is -3.71. The highest BCUT2D eigenvalue weighted by Gasteiger charge is 2.26. The van der Waals surface area contributed by atoms with Crippen molar-refractivity contribution in [1.29, 1.82) is 0 Å². The third-order valence-corrected chi connectivity index (χ3v) is 4.88. The first kappa shape index (κ1) is 16.6. The van der Waals surface area contributed by atoms with Crippen molar-refractivity contribution in [3.05, 3.63) is 29.8 Å². The Morgan fingerprint density at radius 2 is 1.95 bits per heavy atom. The highest BCUT2D eigenvalue weighted by Crippen LogP contribution is 2.19. The maximum absolute atomic E-state index is 12.6. The molecule has 0 aliphatic carbocycles. The Balaban J connectivity index is 3.09. The lowest BCUT2D eigenvalue weighted by molar-refractivity contribution is -0.121. The van der Waals surface area contributed by atoms with Crippen molar-refractivity contribution in [2.24, 2.45) is 5.73 Å². The number of benzene rings is 1. The van der Waals surface area contributed by atoms with Crippen LogP contribution in [0.5, 0.6) is 0 Å². The first-order valence-corrected chi connectivity index (χ1v) is 7.96. The van der Waals surface area contributed by atoms with Crippen LogP contribution in [-0.2, 0) is 21.4 Å². The normalized spacial score (nSPS) is 11.6. The molecule has 0 atom stereocenters. The smallest absolute Gasteiger partial charge is 0.243 e. The molecule has 0 aliphatic rings. The number of amides is 1. The largest absolute Gasteiger partial charge is 0.355 e. The molecule has 20 heavy (non-hydrogen) atoms. The van der Waals surface area contributed by atoms with Crippen molar-refractivity contribution in [2.75, 3.05) is 19.6 Å². The van der Waals surface area contributed by atoms with E-state index < -0.39 is 10.0 Å². The van der Waals surface area contributed by atoms with Gasteiger partial charge in [-0.3, -0.25) is 4.79 Å². The van der Waals surface area contributed by atoms with Crippen LogP contribution in [0.4, 0.5) is 0 Å². The molecule has 3 N–H and O–H groups in total. The van der Waals surface area contributed by atoms with Crippen molar-refractivity contribution >= 4 is 15.9 Å². The topological polar surface area (TPSA) is 92.5 Å². The lowest BCUT2D eigenvalue weighted by Gasteiger charge is -2.21. The minimum Gasteiger partial charge on any atom is -0.355 e. The fourth-order valence-electron chi connectivity index (χ4n) is 1.84. The molecule has 7 heteroatoms. The summed E-state index contributed by atoms with van der Waals surface area (Å²) in [6, 6.07) is 6.57. The quantitative estimate of drug-likeness (QED) is 0.757. The molecule has 0 unspecified atom stereocenters. The lowest BCUT2D eigenvalue weighted by atomic mass is 10.2. The van der Waals surface area contributed by atoms with E-state index in [1.54, 1.807) is 32.0 Å². The average molecular weight is 299 g/mol. The van der Waals surface area contributed by atoms with E-state index in [1.165, 1.54) is 6.07 Å². The lowest BCUT2D eigenvalue weighted by Crippen LogP contribution is -2.40. The maximum Gasteiger partial charge on any atom is 0.243 e. The van der Waals surface area contributed by atoms with E-state index in [2.05, 4.69) is 5.32 Å². The molecular weight excluding hydrogens is 278 g/mol. The number of nitrogens with zero attached hydrogens (tertiary/aromatic N) is 1. The molecule has 1 rings (SSSR count). The molecule has 1 aromatic carbocycles. The van der Waals surface area contributed by atoms with Gasteiger partial charge in [-0.15, -0.1) is 0 Å². The molecule has 0 saturated heterocycles. The molecule has 1 aromatic rings. The number of hydrogen-bond donors (Lipinski definition) is 2. The Morgan fingerprint density at radius 1 is 1.30 bits per heavy atom. The molecule has 0 aliphatic heterocycles. The van der Waals surface area contributed by atoms with E-state index in [9.17, 15) is 13.2 Å². The highest BCUT2D eigenvalue weighted by atomic mass is 32.2. The summed E-state index contributed by atoms with van der Waals surface area (Å²) in [4.78, 5) is 11.8. The van der Waals surface area contributed by atoms with Crippen LogP contribution >= 0.6 is 0 Å². The third-order valence-electron chi connectivity index (χ3n) is 2.86. The average Bonchev–Trinajstić information content (AvgIpc) is 2.44. The monoisotopic (exact) mass is 299 g/mol. The van der Waals surface area contributed by atoms with Crippen LogP contribution in [-0.4, -0.2) is 38.3 Å². The number of likely N-dealkylation sites (N-methyl/N-ethyl adjacent to an activating group) is 2. The van der Waals surface area contributed by atoms with Gasteiger partial charge < -0.3 is 11.1 Å². The number of nitrogens with two attached hydrogens (primary N) is 1. The van der Waals surface area contributed by atoms with Crippen LogP contribution in [0, 0.1) is 0 Å². The van der Waals surface area contributed by atoms with Crippen LogP contribution in [0.25, 0.3) is 0 Å². The molecule has 112 valence electrons. The van der Waals surface area contributed by atoms with Crippen LogP contribution in [0.2, 0.25) is 0 Å². The summed E-state index contributed by atoms with van der Waals surface area (Å²) < 4.78 is 26.3. The van der Waals surface area contributed by atoms with Crippen molar-refractivity contribution in [1.82, 2.24) is 9.62 Å². The first-order chi connectivity index (χ1) is 9.47. The van der Waals surface area contributed by atoms with E-state index in [0.717, 1.165) is 4.31 Å². The van der Waals surface area contributed by atoms with Gasteiger partial charge in [-0.05, 0) is 18.6 Å². The summed E-state index contributed by atoms with van der Waals surface area (Å²) in [5, 5.41) is 2.59. The van der Waals surface area contributed by atoms with Crippen molar-refractivity contribution in [2.45, 2.75) is 25.3 Å². The third kappa shape index (κ3) is 3.78. The minimum absolute atomic E-state index is 0.133. The predicted molar refractivity (Wildman–Crippen MR) is 77.4 cm³/mol. The van der Waals surface area contributed by atoms with Crippen LogP contribution < -0.4 is 11.1 Å². The molecule has 6 nitrogen and oxygen atoms in total. The summed E-state index contributed by atoms with van der Waals surface area (Å²) >= 11 is 0. The van der Waals surface area contributed by atoms with Gasteiger partial charge in [0.15, 0.2) is 0 Å². The predicted octanol–water partition coefficient (Wildman–Crippen LogP) is 0.292. The van der Waals surface area contributed by atoms with Crippen molar-refractivity contribution < 1.29 is 13.2 Å². The summed E-state index contributed by atoms with van der Waals surface area (Å²) in [5.74, 6) is -0.317. The molecular formula is C13H21N3O3S. The van der Waals surface area contributed by atoms with E-state index in [1.807, 2.05) is 0 Å². The first-order valence-electron chi connectivity index (χ1n) is 6.52. The van der Waals surface area contributed by atoms with Gasteiger partial charge in [-0.1, -0.05) is 25.1 Å². The highest BCUT2D eigenvalue weighted by molar-refractivity contribution is 7.89. The molecule has 0 radical (unpaired) electrons. The van der Waals surface area contributed by atoms with Crippen LogP contribution in [0.1, 0.15) is 19.4 Å². The number of sulfonamides is 1. The maximum atomic E-state index is 12.6. The van der Waals surface area contributed by atoms with Gasteiger partial charge in [-0.2, -0.15) is 4.31 Å². The molecule has 0 saturated carbocycles. The number of hydrogen-bond acceptors (Lipinski definition) is 4. The second-order valence-corrected chi connectivity index (χ2v) is 6.10. The van der Waals surface area contributed by atoms with E-state index in [0.29, 0.717) is 12.1 Å². The van der Waals surface area contributed by atoms with E-state index >= 15 is 0 Å². The fraction of sp³-hybridized carbons (Fsp3) is 0.462. The minimum atomic E-state index is -3.71. The summed E-state index contributed by atoms with van der Waals surface area (Å²) in [6.07, 6.45) is 0. The van der Waals surface area contributed by atoms with Gasteiger partial charge in [0.25, 0.3) is 0 Å². The van der Waals surface area contributed by atoms with Gasteiger partial charge in [0, 0.05) is 19.6 Å². The molecule has 0 heterocycles. The van der Waals surface area contributed by atoms with E-state index in [4.69, 9.17) is 5.73 Å². The standard InChI is InChI=1S/C13H21N3O3S/c1-3-15-13(17)10-16(4-2)20(18,19)12-8-6-5-7-11(12)9-14/h5-8H,3-4,9-10,14H2,1-2H3,(H,15,17). The van der Waals surface area contributed by atoms with Crippen LogP contribution in [0.3, 0.4) is 0 Å². The number of nitrogens with one attached hydrogen (secondary N) is 1. The molecule has 0 bridgehead atoms. The zero-order valence-corrected chi connectivity index (χ0v) is 12.6. The Labute approximate surface area is 120 Å². The van der Waals surface area contributed by atoms with Crippen molar-refractivity contribution in [3.8, 4) is 0 Å². The molecule has 0 aromatic heterocycles. The molecule has 0 fully saturated rings. The van der Waals surface area contributed by atoms with Gasteiger partial charge in [0.05, 0.1) is 11.4 Å². The van der Waals surface area contributed by atoms with Gasteiger partial charge in [-0.25, -0.2) is 8.42 Å². The van der Waals surface area contributed by atoms with Gasteiger partial charge >= 0.3 is 0 Å².